The zero-order valence-electron chi connectivity index (χ0n) is 15.6. The summed E-state index contributed by atoms with van der Waals surface area (Å²) in [4.78, 5) is 14.4. The van der Waals surface area contributed by atoms with Crippen LogP contribution < -0.4 is 15.0 Å². The Hall–Kier alpha value is -2.11. The average Bonchev–Trinajstić information content (AvgIpc) is 3.12. The van der Waals surface area contributed by atoms with E-state index in [-0.39, 0.29) is 22.4 Å². The van der Waals surface area contributed by atoms with Crippen molar-refractivity contribution in [1.29, 1.82) is 0 Å². The van der Waals surface area contributed by atoms with Gasteiger partial charge in [0.05, 0.1) is 24.0 Å². The van der Waals surface area contributed by atoms with E-state index in [1.807, 2.05) is 11.5 Å². The minimum Gasteiger partial charge on any atom is -0.433 e. The van der Waals surface area contributed by atoms with Gasteiger partial charge in [-0.05, 0) is 25.1 Å². The van der Waals surface area contributed by atoms with Crippen LogP contribution in [-0.4, -0.2) is 59.3 Å². The van der Waals surface area contributed by atoms with Crippen LogP contribution in [0.2, 0.25) is 5.02 Å². The molecule has 1 saturated heterocycles. The van der Waals surface area contributed by atoms with Crippen molar-refractivity contribution in [3.05, 3.63) is 23.2 Å². The van der Waals surface area contributed by atoms with Gasteiger partial charge in [0.25, 0.3) is 0 Å². The standard InChI is InChI=1S/C17H20ClF2N5O3S/c1-2-25-16(24-5-7-27-8-6-24)22-23-17(25)29-10-14(26)21-11-3-4-13(12(18)9-11)28-15(19)20/h3-4,9,15H,2,5-8,10H2,1H3,(H,21,26). The van der Waals surface area contributed by atoms with Gasteiger partial charge in [-0.3, -0.25) is 9.36 Å². The Morgan fingerprint density at radius 1 is 1.38 bits per heavy atom. The van der Waals surface area contributed by atoms with Crippen molar-refractivity contribution < 1.29 is 23.0 Å². The SMILES string of the molecule is CCn1c(SCC(=O)Nc2ccc(OC(F)F)c(Cl)c2)nnc1N1CCOCC1. The summed E-state index contributed by atoms with van der Waals surface area (Å²) < 4.78 is 36.2. The van der Waals surface area contributed by atoms with Crippen molar-refractivity contribution in [2.75, 3.05) is 42.3 Å². The molecule has 0 bridgehead atoms. The van der Waals surface area contributed by atoms with Crippen molar-refractivity contribution in [1.82, 2.24) is 14.8 Å². The largest absolute Gasteiger partial charge is 0.433 e. The maximum absolute atomic E-state index is 12.3. The Balaban J connectivity index is 1.58. The number of amides is 1. The molecule has 1 aliphatic heterocycles. The molecule has 29 heavy (non-hydrogen) atoms. The van der Waals surface area contributed by atoms with E-state index < -0.39 is 6.61 Å². The van der Waals surface area contributed by atoms with Crippen LogP contribution in [0.3, 0.4) is 0 Å². The van der Waals surface area contributed by atoms with Crippen LogP contribution in [0.4, 0.5) is 20.4 Å². The second-order valence-corrected chi connectivity index (χ2v) is 7.34. The molecular formula is C17H20ClF2N5O3S. The van der Waals surface area contributed by atoms with E-state index in [1.54, 1.807) is 0 Å². The molecule has 2 aromatic rings. The molecule has 1 aromatic heterocycles. The first kappa shape index (κ1) is 21.6. The van der Waals surface area contributed by atoms with Crippen molar-refractivity contribution in [3.63, 3.8) is 0 Å². The Labute approximate surface area is 175 Å². The van der Waals surface area contributed by atoms with Gasteiger partial charge >= 0.3 is 6.61 Å². The highest BCUT2D eigenvalue weighted by Crippen LogP contribution is 2.29. The maximum Gasteiger partial charge on any atom is 0.387 e. The Morgan fingerprint density at radius 3 is 2.79 bits per heavy atom. The van der Waals surface area contributed by atoms with Crippen LogP contribution in [0.1, 0.15) is 6.92 Å². The number of morpholine rings is 1. The molecule has 1 fully saturated rings. The van der Waals surface area contributed by atoms with Crippen LogP contribution in [0, 0.1) is 0 Å². The predicted octanol–water partition coefficient (Wildman–Crippen LogP) is 3.12. The smallest absolute Gasteiger partial charge is 0.387 e. The highest BCUT2D eigenvalue weighted by molar-refractivity contribution is 7.99. The second-order valence-electron chi connectivity index (χ2n) is 5.99. The fourth-order valence-corrected chi connectivity index (χ4v) is 3.78. The molecule has 1 N–H and O–H groups in total. The Morgan fingerprint density at radius 2 is 2.14 bits per heavy atom. The number of carbonyl (C=O) groups excluding carboxylic acids is 1. The first-order valence-corrected chi connectivity index (χ1v) is 10.3. The summed E-state index contributed by atoms with van der Waals surface area (Å²) in [6.45, 7) is 2.47. The molecule has 1 aromatic carbocycles. The molecule has 1 amide bonds. The van der Waals surface area contributed by atoms with Gasteiger partial charge < -0.3 is 19.7 Å². The molecule has 3 rings (SSSR count). The lowest BCUT2D eigenvalue weighted by molar-refractivity contribution is -0.113. The zero-order chi connectivity index (χ0) is 20.8. The van der Waals surface area contributed by atoms with Crippen LogP contribution >= 0.6 is 23.4 Å². The number of rotatable bonds is 8. The van der Waals surface area contributed by atoms with E-state index in [0.717, 1.165) is 19.0 Å². The van der Waals surface area contributed by atoms with Crippen LogP contribution in [0.25, 0.3) is 0 Å². The summed E-state index contributed by atoms with van der Waals surface area (Å²) in [5, 5.41) is 11.7. The van der Waals surface area contributed by atoms with Gasteiger partial charge in [-0.2, -0.15) is 8.78 Å². The normalized spacial score (nSPS) is 14.3. The number of carbonyl (C=O) groups is 1. The number of alkyl halides is 2. The molecule has 12 heteroatoms. The number of hydrogen-bond donors (Lipinski definition) is 1. The van der Waals surface area contributed by atoms with Gasteiger partial charge in [-0.15, -0.1) is 10.2 Å². The quantitative estimate of drug-likeness (QED) is 0.622. The topological polar surface area (TPSA) is 81.5 Å². The number of anilines is 2. The summed E-state index contributed by atoms with van der Waals surface area (Å²) in [6, 6.07) is 4.07. The third-order valence-corrected chi connectivity index (χ3v) is 5.33. The van der Waals surface area contributed by atoms with Crippen molar-refractivity contribution >= 4 is 40.9 Å². The van der Waals surface area contributed by atoms with Gasteiger partial charge in [-0.25, -0.2) is 0 Å². The minimum absolute atomic E-state index is 0.0170. The zero-order valence-corrected chi connectivity index (χ0v) is 17.2. The summed E-state index contributed by atoms with van der Waals surface area (Å²) >= 11 is 7.16. The lowest BCUT2D eigenvalue weighted by Crippen LogP contribution is -2.38. The number of nitrogens with one attached hydrogen (secondary N) is 1. The highest BCUT2D eigenvalue weighted by atomic mass is 35.5. The number of aromatic nitrogens is 3. The lowest BCUT2D eigenvalue weighted by Gasteiger charge is -2.27. The molecule has 1 aliphatic rings. The maximum atomic E-state index is 12.3. The summed E-state index contributed by atoms with van der Waals surface area (Å²) in [7, 11) is 0. The molecule has 158 valence electrons. The summed E-state index contributed by atoms with van der Waals surface area (Å²) in [5.41, 5.74) is 0.383. The average molecular weight is 448 g/mol. The number of halogens is 3. The Kier molecular flexibility index (Phi) is 7.51. The molecule has 0 aliphatic carbocycles. The molecule has 0 atom stereocenters. The van der Waals surface area contributed by atoms with E-state index in [2.05, 4.69) is 25.2 Å². The monoisotopic (exact) mass is 447 g/mol. The molecule has 8 nitrogen and oxygen atoms in total. The van der Waals surface area contributed by atoms with Crippen molar-refractivity contribution in [2.45, 2.75) is 25.2 Å². The number of benzene rings is 1. The number of ether oxygens (including phenoxy) is 2. The molecule has 2 heterocycles. The van der Waals surface area contributed by atoms with E-state index in [1.165, 1.54) is 30.0 Å². The van der Waals surface area contributed by atoms with Gasteiger partial charge in [-0.1, -0.05) is 23.4 Å². The fourth-order valence-electron chi connectivity index (χ4n) is 2.76. The number of thioether (sulfide) groups is 1. The van der Waals surface area contributed by atoms with E-state index in [9.17, 15) is 13.6 Å². The third-order valence-electron chi connectivity index (χ3n) is 4.07. The lowest BCUT2D eigenvalue weighted by atomic mass is 10.3. The third kappa shape index (κ3) is 5.71. The van der Waals surface area contributed by atoms with Gasteiger partial charge in [0.2, 0.25) is 11.9 Å². The molecule has 0 unspecified atom stereocenters. The minimum atomic E-state index is -2.97. The predicted molar refractivity (Wildman–Crippen MR) is 106 cm³/mol. The number of hydrogen-bond acceptors (Lipinski definition) is 7. The van der Waals surface area contributed by atoms with Gasteiger partial charge in [0.15, 0.2) is 5.16 Å². The highest BCUT2D eigenvalue weighted by Gasteiger charge is 2.20. The summed E-state index contributed by atoms with van der Waals surface area (Å²) in [6.07, 6.45) is 0. The van der Waals surface area contributed by atoms with E-state index in [0.29, 0.717) is 30.6 Å². The molecule has 0 saturated carbocycles. The number of nitrogens with zero attached hydrogens (tertiary/aromatic N) is 4. The van der Waals surface area contributed by atoms with Gasteiger partial charge in [0.1, 0.15) is 5.75 Å². The van der Waals surface area contributed by atoms with Crippen LogP contribution in [0.5, 0.6) is 5.75 Å². The van der Waals surface area contributed by atoms with E-state index >= 15 is 0 Å². The second kappa shape index (κ2) is 10.1. The van der Waals surface area contributed by atoms with E-state index in [4.69, 9.17) is 16.3 Å². The first-order chi connectivity index (χ1) is 14.0. The molecular weight excluding hydrogens is 428 g/mol. The fraction of sp³-hybridized carbons (Fsp3) is 0.471. The first-order valence-electron chi connectivity index (χ1n) is 8.90. The van der Waals surface area contributed by atoms with Crippen molar-refractivity contribution in [3.8, 4) is 5.75 Å². The Bertz CT molecular complexity index is 848. The van der Waals surface area contributed by atoms with Crippen LogP contribution in [0.15, 0.2) is 23.4 Å². The molecule has 0 radical (unpaired) electrons. The van der Waals surface area contributed by atoms with Gasteiger partial charge in [0, 0.05) is 25.3 Å². The van der Waals surface area contributed by atoms with Crippen molar-refractivity contribution in [2.24, 2.45) is 0 Å². The molecule has 0 spiro atoms. The van der Waals surface area contributed by atoms with Crippen LogP contribution in [-0.2, 0) is 16.1 Å². The summed E-state index contributed by atoms with van der Waals surface area (Å²) in [5.74, 6) is 0.432.